The number of aliphatic hydroxyl groups excluding tert-OH is 1. The van der Waals surface area contributed by atoms with Crippen LogP contribution in [-0.2, 0) is 33.3 Å². The Morgan fingerprint density at radius 3 is 1.06 bits per heavy atom. The maximum absolute atomic E-state index is 13.0. The second-order valence-corrected chi connectivity index (χ2v) is 19.0. The molecule has 0 spiro atoms. The van der Waals surface area contributed by atoms with Crippen molar-refractivity contribution in [3.05, 3.63) is 0 Å². The van der Waals surface area contributed by atoms with Crippen molar-refractivity contribution in [3.63, 3.8) is 0 Å². The predicted molar refractivity (Wildman–Crippen MR) is 257 cm³/mol. The fourth-order valence-electron chi connectivity index (χ4n) is 8.81. The van der Waals surface area contributed by atoms with Crippen LogP contribution in [0.5, 0.6) is 0 Å². The Labute approximate surface area is 383 Å². The minimum atomic E-state index is -1.18. The topological polar surface area (TPSA) is 108 Å². The van der Waals surface area contributed by atoms with Crippen molar-refractivity contribution in [2.45, 2.75) is 315 Å². The molecule has 8 nitrogen and oxygen atoms in total. The van der Waals surface area contributed by atoms with Gasteiger partial charge in [0.1, 0.15) is 18.8 Å². The molecule has 1 aliphatic heterocycles. The largest absolute Gasteiger partial charge is 0.462 e. The summed E-state index contributed by atoms with van der Waals surface area (Å²) in [5.74, 6) is -1.07. The van der Waals surface area contributed by atoms with Gasteiger partial charge >= 0.3 is 17.9 Å². The van der Waals surface area contributed by atoms with E-state index in [2.05, 4.69) is 20.8 Å². The molecule has 1 N–H and O–H groups in total. The molecule has 0 aliphatic carbocycles. The SMILES string of the molecule is CCCCCCCCCCCCCCCC(=O)OC[C@@H](OC(=O)CCCCCCCCCCCCCCC)[C@H]1OC[C@H](OC(=O)CCCCCCCCCCCCCCC)[C@H]1O. The van der Waals surface area contributed by atoms with Crippen LogP contribution < -0.4 is 0 Å². The van der Waals surface area contributed by atoms with E-state index in [4.69, 9.17) is 18.9 Å². The Hall–Kier alpha value is -1.67. The zero-order valence-corrected chi connectivity index (χ0v) is 41.2. The average molecular weight is 879 g/mol. The summed E-state index contributed by atoms with van der Waals surface area (Å²) in [7, 11) is 0. The van der Waals surface area contributed by atoms with Crippen LogP contribution in [0.2, 0.25) is 0 Å². The van der Waals surface area contributed by atoms with Gasteiger partial charge in [0.25, 0.3) is 0 Å². The molecule has 0 saturated carbocycles. The van der Waals surface area contributed by atoms with Crippen LogP contribution in [0.4, 0.5) is 0 Å². The van der Waals surface area contributed by atoms with E-state index in [0.29, 0.717) is 12.8 Å². The number of carbonyl (C=O) groups is 3. The summed E-state index contributed by atoms with van der Waals surface area (Å²) in [5.41, 5.74) is 0. The molecule has 0 radical (unpaired) electrons. The lowest BCUT2D eigenvalue weighted by molar-refractivity contribution is -0.171. The maximum atomic E-state index is 13.0. The summed E-state index contributed by atoms with van der Waals surface area (Å²) in [6, 6.07) is 0. The van der Waals surface area contributed by atoms with Crippen LogP contribution in [0.3, 0.4) is 0 Å². The normalized spacial score (nSPS) is 16.7. The molecular weight excluding hydrogens is 777 g/mol. The van der Waals surface area contributed by atoms with Gasteiger partial charge < -0.3 is 24.1 Å². The third kappa shape index (κ3) is 35.7. The fourth-order valence-corrected chi connectivity index (χ4v) is 8.81. The van der Waals surface area contributed by atoms with Crippen LogP contribution in [0.1, 0.15) is 290 Å². The van der Waals surface area contributed by atoms with Crippen molar-refractivity contribution in [3.8, 4) is 0 Å². The minimum Gasteiger partial charge on any atom is -0.462 e. The standard InChI is InChI=1S/C54H102O8/c1-4-7-10-13-16-19-22-25-28-31-34-37-40-43-50(55)59-47-49(62-52(57)45-42-39-36-33-30-27-24-21-18-15-12-9-6-3)54-53(58)48(46-60-54)61-51(56)44-41-38-35-32-29-26-23-20-17-14-11-8-5-2/h48-49,53-54,58H,4-47H2,1-3H3/t48-,49+,53+,54+/m0/s1. The van der Waals surface area contributed by atoms with Gasteiger partial charge in [0.15, 0.2) is 12.2 Å². The number of aliphatic hydroxyl groups is 1. The Bertz CT molecular complexity index is 1000. The van der Waals surface area contributed by atoms with E-state index in [-0.39, 0.29) is 37.5 Å². The lowest BCUT2D eigenvalue weighted by Gasteiger charge is -2.26. The summed E-state index contributed by atoms with van der Waals surface area (Å²) in [5, 5.41) is 11.2. The van der Waals surface area contributed by atoms with E-state index in [1.54, 1.807) is 0 Å². The lowest BCUT2D eigenvalue weighted by Crippen LogP contribution is -2.44. The Kier molecular flexibility index (Phi) is 41.9. The molecule has 4 atom stereocenters. The summed E-state index contributed by atoms with van der Waals surface area (Å²) >= 11 is 0. The third-order valence-electron chi connectivity index (χ3n) is 13.0. The van der Waals surface area contributed by atoms with E-state index in [9.17, 15) is 19.5 Å². The number of carbonyl (C=O) groups excluding carboxylic acids is 3. The fraction of sp³-hybridized carbons (Fsp3) is 0.944. The van der Waals surface area contributed by atoms with Gasteiger partial charge in [0.05, 0.1) is 6.61 Å². The van der Waals surface area contributed by atoms with Crippen LogP contribution in [0.15, 0.2) is 0 Å². The molecule has 8 heteroatoms. The first-order valence-electron chi connectivity index (χ1n) is 27.3. The highest BCUT2D eigenvalue weighted by molar-refractivity contribution is 5.70. The molecule has 0 amide bonds. The number of esters is 3. The van der Waals surface area contributed by atoms with E-state index < -0.39 is 24.4 Å². The molecule has 62 heavy (non-hydrogen) atoms. The monoisotopic (exact) mass is 879 g/mol. The quantitative estimate of drug-likeness (QED) is 0.0366. The van der Waals surface area contributed by atoms with Gasteiger partial charge in [-0.1, -0.05) is 252 Å². The number of hydrogen-bond donors (Lipinski definition) is 1. The second kappa shape index (κ2) is 44.5. The highest BCUT2D eigenvalue weighted by Gasteiger charge is 2.45. The van der Waals surface area contributed by atoms with Gasteiger partial charge in [-0.3, -0.25) is 14.4 Å². The van der Waals surface area contributed by atoms with Crippen molar-refractivity contribution in [2.24, 2.45) is 0 Å². The molecule has 1 heterocycles. The number of rotatable bonds is 47. The molecule has 0 unspecified atom stereocenters. The van der Waals surface area contributed by atoms with E-state index in [1.807, 2.05) is 0 Å². The summed E-state index contributed by atoms with van der Waals surface area (Å²) in [6.07, 6.45) is 45.0. The number of ether oxygens (including phenoxy) is 4. The number of hydrogen-bond acceptors (Lipinski definition) is 8. The zero-order valence-electron chi connectivity index (χ0n) is 41.2. The summed E-state index contributed by atoms with van der Waals surface area (Å²) < 4.78 is 23.0. The van der Waals surface area contributed by atoms with Gasteiger partial charge in [0, 0.05) is 19.3 Å². The lowest BCUT2D eigenvalue weighted by atomic mass is 10.0. The van der Waals surface area contributed by atoms with Crippen LogP contribution in [0, 0.1) is 0 Å². The van der Waals surface area contributed by atoms with Crippen molar-refractivity contribution in [2.75, 3.05) is 13.2 Å². The third-order valence-corrected chi connectivity index (χ3v) is 13.0. The highest BCUT2D eigenvalue weighted by atomic mass is 16.6. The Balaban J connectivity index is 2.42. The molecule has 366 valence electrons. The van der Waals surface area contributed by atoms with Crippen LogP contribution in [0.25, 0.3) is 0 Å². The van der Waals surface area contributed by atoms with Gasteiger partial charge in [-0.05, 0) is 19.3 Å². The van der Waals surface area contributed by atoms with Crippen molar-refractivity contribution < 1.29 is 38.4 Å². The van der Waals surface area contributed by atoms with Crippen molar-refractivity contribution in [1.82, 2.24) is 0 Å². The van der Waals surface area contributed by atoms with Crippen LogP contribution in [-0.4, -0.2) is 60.6 Å². The summed E-state index contributed by atoms with van der Waals surface area (Å²) in [4.78, 5) is 38.6. The van der Waals surface area contributed by atoms with Gasteiger partial charge in [-0.2, -0.15) is 0 Å². The minimum absolute atomic E-state index is 0.00991. The molecule has 0 aromatic carbocycles. The van der Waals surface area contributed by atoms with Gasteiger partial charge in [0.2, 0.25) is 0 Å². The zero-order chi connectivity index (χ0) is 45.0. The Morgan fingerprint density at radius 1 is 0.435 bits per heavy atom. The molecule has 1 rings (SSSR count). The molecular formula is C54H102O8. The van der Waals surface area contributed by atoms with Crippen LogP contribution >= 0.6 is 0 Å². The molecule has 0 aromatic rings. The van der Waals surface area contributed by atoms with Gasteiger partial charge in [-0.25, -0.2) is 0 Å². The first kappa shape index (κ1) is 58.3. The maximum Gasteiger partial charge on any atom is 0.306 e. The number of unbranched alkanes of at least 4 members (excludes halogenated alkanes) is 36. The Morgan fingerprint density at radius 2 is 0.726 bits per heavy atom. The van der Waals surface area contributed by atoms with Crippen molar-refractivity contribution >= 4 is 17.9 Å². The molecule has 1 saturated heterocycles. The smallest absolute Gasteiger partial charge is 0.306 e. The summed E-state index contributed by atoms with van der Waals surface area (Å²) in [6.45, 7) is 6.59. The van der Waals surface area contributed by atoms with E-state index >= 15 is 0 Å². The average Bonchev–Trinajstić information content (AvgIpc) is 3.62. The first-order valence-corrected chi connectivity index (χ1v) is 27.3. The second-order valence-electron chi connectivity index (χ2n) is 19.0. The predicted octanol–water partition coefficient (Wildman–Crippen LogP) is 15.6. The molecule has 0 aromatic heterocycles. The van der Waals surface area contributed by atoms with E-state index in [0.717, 1.165) is 57.8 Å². The van der Waals surface area contributed by atoms with Gasteiger partial charge in [-0.15, -0.1) is 0 Å². The highest BCUT2D eigenvalue weighted by Crippen LogP contribution is 2.25. The first-order chi connectivity index (χ1) is 30.4. The van der Waals surface area contributed by atoms with Crippen molar-refractivity contribution in [1.29, 1.82) is 0 Å². The van der Waals surface area contributed by atoms with E-state index in [1.165, 1.54) is 193 Å². The molecule has 1 aliphatic rings. The molecule has 1 fully saturated rings. The molecule has 0 bridgehead atoms.